The average molecular weight is 341 g/mol. The number of hydrogen-bond donors (Lipinski definition) is 1. The van der Waals surface area contributed by atoms with E-state index in [4.69, 9.17) is 9.47 Å². The predicted molar refractivity (Wildman–Crippen MR) is 90.5 cm³/mol. The van der Waals surface area contributed by atoms with Gasteiger partial charge in [0.1, 0.15) is 0 Å². The van der Waals surface area contributed by atoms with Crippen LogP contribution >= 0.6 is 0 Å². The molecule has 1 aromatic carbocycles. The normalized spacial score (nSPS) is 16.0. The van der Waals surface area contributed by atoms with E-state index in [1.165, 1.54) is 6.07 Å². The third kappa shape index (κ3) is 5.11. The Morgan fingerprint density at radius 2 is 1.65 bits per heavy atom. The maximum absolute atomic E-state index is 12.7. The van der Waals surface area contributed by atoms with Gasteiger partial charge in [-0.2, -0.15) is 0 Å². The van der Waals surface area contributed by atoms with E-state index in [-0.39, 0.29) is 10.3 Å². The van der Waals surface area contributed by atoms with Crippen LogP contribution in [0.15, 0.2) is 23.1 Å². The molecule has 0 unspecified atom stereocenters. The lowest BCUT2D eigenvalue weighted by molar-refractivity contribution is 0.269. The monoisotopic (exact) mass is 341 g/mol. The van der Waals surface area contributed by atoms with Crippen molar-refractivity contribution < 1.29 is 17.9 Å². The fraction of sp³-hybridized carbons (Fsp3) is 0.647. The van der Waals surface area contributed by atoms with Crippen LogP contribution in [0.25, 0.3) is 0 Å². The minimum absolute atomic E-state index is 0.0245. The Balaban J connectivity index is 2.24. The second-order valence-electron chi connectivity index (χ2n) is 7.89. The van der Waals surface area contributed by atoms with Crippen molar-refractivity contribution in [1.29, 1.82) is 0 Å². The van der Waals surface area contributed by atoms with Crippen LogP contribution in [0.2, 0.25) is 0 Å². The Hall–Kier alpha value is -1.27. The number of ether oxygens (including phenoxy) is 2. The van der Waals surface area contributed by atoms with Crippen LogP contribution in [0.1, 0.15) is 47.5 Å². The summed E-state index contributed by atoms with van der Waals surface area (Å²) in [6, 6.07) is 4.76. The van der Waals surface area contributed by atoms with Gasteiger partial charge in [-0.3, -0.25) is 0 Å². The molecule has 1 aromatic rings. The molecule has 23 heavy (non-hydrogen) atoms. The highest BCUT2D eigenvalue weighted by atomic mass is 32.2. The van der Waals surface area contributed by atoms with Crippen LogP contribution in [0, 0.1) is 5.41 Å². The SMILES string of the molecule is CC(C)(C)CC(C)(C)NS(=O)(=O)c1ccc2c(c1)OCCCO2. The first-order valence-corrected chi connectivity index (χ1v) is 9.41. The summed E-state index contributed by atoms with van der Waals surface area (Å²) < 4.78 is 39.3. The molecule has 6 heteroatoms. The highest BCUT2D eigenvalue weighted by Gasteiger charge is 2.31. The van der Waals surface area contributed by atoms with Gasteiger partial charge in [0.2, 0.25) is 10.0 Å². The van der Waals surface area contributed by atoms with Crippen molar-refractivity contribution >= 4 is 10.0 Å². The lowest BCUT2D eigenvalue weighted by Gasteiger charge is -2.33. The van der Waals surface area contributed by atoms with Gasteiger partial charge in [-0.25, -0.2) is 13.1 Å². The maximum atomic E-state index is 12.7. The molecule has 0 aliphatic carbocycles. The summed E-state index contributed by atoms with van der Waals surface area (Å²) in [4.78, 5) is 0.198. The van der Waals surface area contributed by atoms with Gasteiger partial charge in [0.25, 0.3) is 0 Å². The molecule has 0 amide bonds. The standard InChI is InChI=1S/C17H27NO4S/c1-16(2,3)12-17(4,5)18-23(19,20)13-7-8-14-15(11-13)22-10-6-9-21-14/h7-8,11,18H,6,9-10,12H2,1-5H3. The molecule has 0 spiro atoms. The van der Waals surface area contributed by atoms with Gasteiger partial charge in [0, 0.05) is 18.0 Å². The van der Waals surface area contributed by atoms with Crippen molar-refractivity contribution in [2.45, 2.75) is 57.9 Å². The molecule has 0 radical (unpaired) electrons. The molecular formula is C17H27NO4S. The molecule has 2 rings (SSSR count). The zero-order chi connectivity index (χ0) is 17.3. The van der Waals surface area contributed by atoms with Crippen molar-refractivity contribution in [1.82, 2.24) is 4.72 Å². The van der Waals surface area contributed by atoms with Gasteiger partial charge in [0.15, 0.2) is 11.5 Å². The molecule has 0 saturated heterocycles. The molecule has 0 aromatic heterocycles. The molecule has 1 heterocycles. The number of rotatable bonds is 4. The van der Waals surface area contributed by atoms with E-state index in [1.54, 1.807) is 12.1 Å². The summed E-state index contributed by atoms with van der Waals surface area (Å²) in [6.07, 6.45) is 1.51. The largest absolute Gasteiger partial charge is 0.490 e. The van der Waals surface area contributed by atoms with Crippen molar-refractivity contribution in [3.8, 4) is 11.5 Å². The Labute approximate surface area is 139 Å². The average Bonchev–Trinajstić information content (AvgIpc) is 2.58. The van der Waals surface area contributed by atoms with E-state index in [9.17, 15) is 8.42 Å². The summed E-state index contributed by atoms with van der Waals surface area (Å²) in [7, 11) is -3.62. The summed E-state index contributed by atoms with van der Waals surface area (Å²) in [5.41, 5.74) is -0.516. The van der Waals surface area contributed by atoms with Gasteiger partial charge in [-0.1, -0.05) is 20.8 Å². The lowest BCUT2D eigenvalue weighted by atomic mass is 9.82. The van der Waals surface area contributed by atoms with Crippen LogP contribution < -0.4 is 14.2 Å². The fourth-order valence-electron chi connectivity index (χ4n) is 3.10. The third-order valence-electron chi connectivity index (χ3n) is 3.41. The second kappa shape index (κ2) is 6.32. The van der Waals surface area contributed by atoms with Crippen LogP contribution in [-0.4, -0.2) is 27.2 Å². The van der Waals surface area contributed by atoms with Crippen molar-refractivity contribution in [2.24, 2.45) is 5.41 Å². The van der Waals surface area contributed by atoms with E-state index < -0.39 is 15.6 Å². The molecule has 1 aliphatic rings. The Morgan fingerprint density at radius 3 is 2.26 bits per heavy atom. The third-order valence-corrected chi connectivity index (χ3v) is 5.11. The van der Waals surface area contributed by atoms with E-state index >= 15 is 0 Å². The highest BCUT2D eigenvalue weighted by molar-refractivity contribution is 7.89. The number of benzene rings is 1. The molecule has 0 atom stereocenters. The van der Waals surface area contributed by atoms with Gasteiger partial charge in [-0.05, 0) is 37.8 Å². The number of sulfonamides is 1. The van der Waals surface area contributed by atoms with Crippen molar-refractivity contribution in [2.75, 3.05) is 13.2 Å². The molecule has 1 N–H and O–H groups in total. The second-order valence-corrected chi connectivity index (χ2v) is 9.57. The zero-order valence-corrected chi connectivity index (χ0v) is 15.4. The van der Waals surface area contributed by atoms with E-state index in [2.05, 4.69) is 25.5 Å². The molecule has 5 nitrogen and oxygen atoms in total. The van der Waals surface area contributed by atoms with Gasteiger partial charge in [-0.15, -0.1) is 0 Å². The quantitative estimate of drug-likeness (QED) is 0.912. The topological polar surface area (TPSA) is 64.6 Å². The fourth-order valence-corrected chi connectivity index (χ4v) is 4.52. The number of fused-ring (bicyclic) bond motifs is 1. The zero-order valence-electron chi connectivity index (χ0n) is 14.6. The highest BCUT2D eigenvalue weighted by Crippen LogP contribution is 2.33. The summed E-state index contributed by atoms with van der Waals surface area (Å²) in [5.74, 6) is 1.08. The Kier molecular flexibility index (Phi) is 4.97. The van der Waals surface area contributed by atoms with E-state index in [1.807, 2.05) is 13.8 Å². The Morgan fingerprint density at radius 1 is 1.04 bits per heavy atom. The maximum Gasteiger partial charge on any atom is 0.241 e. The first-order valence-electron chi connectivity index (χ1n) is 7.92. The molecular weight excluding hydrogens is 314 g/mol. The molecule has 0 bridgehead atoms. The summed E-state index contributed by atoms with van der Waals surface area (Å²) in [6.45, 7) is 11.2. The first-order chi connectivity index (χ1) is 10.5. The molecule has 0 fully saturated rings. The van der Waals surface area contributed by atoms with Crippen LogP contribution in [0.5, 0.6) is 11.5 Å². The van der Waals surface area contributed by atoms with E-state index in [0.29, 0.717) is 24.7 Å². The van der Waals surface area contributed by atoms with Crippen LogP contribution in [0.4, 0.5) is 0 Å². The number of nitrogens with one attached hydrogen (secondary N) is 1. The molecule has 130 valence electrons. The lowest BCUT2D eigenvalue weighted by Crippen LogP contribution is -2.45. The Bertz CT molecular complexity index is 660. The van der Waals surface area contributed by atoms with Gasteiger partial charge < -0.3 is 9.47 Å². The smallest absolute Gasteiger partial charge is 0.241 e. The van der Waals surface area contributed by atoms with E-state index in [0.717, 1.165) is 12.8 Å². The first kappa shape index (κ1) is 18.1. The summed E-state index contributed by atoms with van der Waals surface area (Å²) >= 11 is 0. The minimum Gasteiger partial charge on any atom is -0.490 e. The van der Waals surface area contributed by atoms with Crippen LogP contribution in [0.3, 0.4) is 0 Å². The molecule has 1 aliphatic heterocycles. The summed E-state index contributed by atoms with van der Waals surface area (Å²) in [5, 5.41) is 0. The number of hydrogen-bond acceptors (Lipinski definition) is 4. The van der Waals surface area contributed by atoms with Gasteiger partial charge in [0.05, 0.1) is 18.1 Å². The molecule has 0 saturated carbocycles. The predicted octanol–water partition coefficient (Wildman–Crippen LogP) is 3.34. The van der Waals surface area contributed by atoms with Crippen molar-refractivity contribution in [3.05, 3.63) is 18.2 Å². The minimum atomic E-state index is -3.62. The van der Waals surface area contributed by atoms with Crippen molar-refractivity contribution in [3.63, 3.8) is 0 Å². The van der Waals surface area contributed by atoms with Crippen LogP contribution in [-0.2, 0) is 10.0 Å². The van der Waals surface area contributed by atoms with Gasteiger partial charge >= 0.3 is 0 Å².